The lowest BCUT2D eigenvalue weighted by atomic mass is 9.74. The Morgan fingerprint density at radius 2 is 2.00 bits per heavy atom. The van der Waals surface area contributed by atoms with Crippen molar-refractivity contribution in [1.82, 2.24) is 19.2 Å². The first-order valence-corrected chi connectivity index (χ1v) is 10.9. The second-order valence-corrected chi connectivity index (χ2v) is 10.3. The number of hydrogen-bond donors (Lipinski definition) is 0. The molecule has 0 radical (unpaired) electrons. The van der Waals surface area contributed by atoms with E-state index in [-0.39, 0.29) is 16.6 Å². The lowest BCUT2D eigenvalue weighted by Gasteiger charge is -2.47. The maximum atomic E-state index is 12.7. The fourth-order valence-corrected chi connectivity index (χ4v) is 6.22. The number of amides is 1. The van der Waals surface area contributed by atoms with Crippen molar-refractivity contribution >= 4 is 15.9 Å². The number of carbonyl (C=O) groups is 1. The summed E-state index contributed by atoms with van der Waals surface area (Å²) in [7, 11) is -3.15. The molecule has 2 aliphatic heterocycles. The molecule has 0 N–H and O–H groups in total. The maximum Gasteiger partial charge on any atom is 0.222 e. The first-order valence-electron chi connectivity index (χ1n) is 9.42. The summed E-state index contributed by atoms with van der Waals surface area (Å²) in [6.45, 7) is 4.11. The van der Waals surface area contributed by atoms with Crippen molar-refractivity contribution in [2.75, 3.05) is 19.6 Å². The van der Waals surface area contributed by atoms with E-state index in [1.807, 2.05) is 11.8 Å². The average Bonchev–Trinajstić information content (AvgIpc) is 3.46. The van der Waals surface area contributed by atoms with E-state index in [2.05, 4.69) is 9.97 Å². The molecule has 1 aliphatic carbocycles. The number of carbonyl (C=O) groups excluding carboxylic acids is 1. The molecule has 0 aromatic carbocycles. The Bertz CT molecular complexity index is 791. The van der Waals surface area contributed by atoms with Crippen molar-refractivity contribution in [2.45, 2.75) is 57.2 Å². The zero-order valence-corrected chi connectivity index (χ0v) is 16.0. The number of hydrogen-bond acceptors (Lipinski definition) is 5. The van der Waals surface area contributed by atoms with Gasteiger partial charge in [-0.15, -0.1) is 0 Å². The Morgan fingerprint density at radius 3 is 2.69 bits per heavy atom. The molecular formula is C18H26N4O3S. The van der Waals surface area contributed by atoms with Gasteiger partial charge in [-0.05, 0) is 39.0 Å². The van der Waals surface area contributed by atoms with Gasteiger partial charge >= 0.3 is 0 Å². The van der Waals surface area contributed by atoms with Crippen molar-refractivity contribution in [3.8, 4) is 0 Å². The largest absolute Gasteiger partial charge is 0.336 e. The molecule has 1 atom stereocenters. The van der Waals surface area contributed by atoms with E-state index >= 15 is 0 Å². The van der Waals surface area contributed by atoms with Crippen LogP contribution in [0.1, 0.15) is 49.9 Å². The first-order chi connectivity index (χ1) is 12.4. The summed E-state index contributed by atoms with van der Waals surface area (Å²) in [6.07, 6.45) is 8.13. The molecule has 4 rings (SSSR count). The molecule has 1 spiro atoms. The van der Waals surface area contributed by atoms with E-state index in [1.54, 1.807) is 16.7 Å². The van der Waals surface area contributed by atoms with Crippen LogP contribution < -0.4 is 0 Å². The minimum atomic E-state index is -3.15. The van der Waals surface area contributed by atoms with E-state index in [9.17, 15) is 13.2 Å². The van der Waals surface area contributed by atoms with Crippen LogP contribution in [-0.4, -0.2) is 58.4 Å². The highest BCUT2D eigenvalue weighted by Crippen LogP contribution is 2.42. The third kappa shape index (κ3) is 3.49. The smallest absolute Gasteiger partial charge is 0.222 e. The van der Waals surface area contributed by atoms with Crippen LogP contribution in [0.2, 0.25) is 0 Å². The molecule has 0 unspecified atom stereocenters. The fourth-order valence-electron chi connectivity index (χ4n) is 4.23. The number of likely N-dealkylation sites (tertiary alicyclic amines) is 1. The second kappa shape index (κ2) is 6.56. The third-order valence-corrected chi connectivity index (χ3v) is 8.21. The van der Waals surface area contributed by atoms with Crippen molar-refractivity contribution < 1.29 is 13.2 Å². The summed E-state index contributed by atoms with van der Waals surface area (Å²) in [6, 6.07) is 0. The highest BCUT2D eigenvalue weighted by molar-refractivity contribution is 7.90. The van der Waals surface area contributed by atoms with Gasteiger partial charge in [0.25, 0.3) is 0 Å². The van der Waals surface area contributed by atoms with E-state index < -0.39 is 10.0 Å². The minimum Gasteiger partial charge on any atom is -0.336 e. The Morgan fingerprint density at radius 1 is 1.19 bits per heavy atom. The van der Waals surface area contributed by atoms with Crippen molar-refractivity contribution in [1.29, 1.82) is 0 Å². The van der Waals surface area contributed by atoms with Crippen molar-refractivity contribution in [2.24, 2.45) is 5.41 Å². The molecule has 142 valence electrons. The van der Waals surface area contributed by atoms with E-state index in [1.165, 1.54) is 0 Å². The highest BCUT2D eigenvalue weighted by atomic mass is 32.2. The summed E-state index contributed by atoms with van der Waals surface area (Å²) in [5.74, 6) is 0.125. The first kappa shape index (κ1) is 17.9. The Kier molecular flexibility index (Phi) is 4.51. The quantitative estimate of drug-likeness (QED) is 0.792. The molecule has 0 bridgehead atoms. The average molecular weight is 378 g/mol. The van der Waals surface area contributed by atoms with Gasteiger partial charge in [-0.2, -0.15) is 0 Å². The third-order valence-electron chi connectivity index (χ3n) is 5.87. The summed E-state index contributed by atoms with van der Waals surface area (Å²) in [5, 5.41) is -0.165. The zero-order valence-electron chi connectivity index (χ0n) is 15.2. The molecule has 3 fully saturated rings. The molecule has 1 aromatic rings. The predicted octanol–water partition coefficient (Wildman–Crippen LogP) is 1.48. The molecule has 3 heterocycles. The van der Waals surface area contributed by atoms with Crippen LogP contribution in [0.5, 0.6) is 0 Å². The predicted molar refractivity (Wildman–Crippen MR) is 96.6 cm³/mol. The second-order valence-electron chi connectivity index (χ2n) is 8.08. The molecule has 3 aliphatic rings. The van der Waals surface area contributed by atoms with Crippen LogP contribution in [0.4, 0.5) is 0 Å². The number of sulfonamides is 1. The van der Waals surface area contributed by atoms with Gasteiger partial charge in [-0.3, -0.25) is 14.8 Å². The fraction of sp³-hybridized carbons (Fsp3) is 0.722. The monoisotopic (exact) mass is 378 g/mol. The van der Waals surface area contributed by atoms with Crippen molar-refractivity contribution in [3.63, 3.8) is 0 Å². The molecule has 2 saturated heterocycles. The number of rotatable bonds is 4. The van der Waals surface area contributed by atoms with Gasteiger partial charge in [0.1, 0.15) is 0 Å². The van der Waals surface area contributed by atoms with E-state index in [0.717, 1.165) is 43.5 Å². The van der Waals surface area contributed by atoms with Crippen molar-refractivity contribution in [3.05, 3.63) is 23.8 Å². The van der Waals surface area contributed by atoms with Crippen LogP contribution >= 0.6 is 0 Å². The Hall–Kier alpha value is -1.54. The number of aryl methyl sites for hydroxylation is 1. The molecule has 7 nitrogen and oxygen atoms in total. The molecule has 26 heavy (non-hydrogen) atoms. The normalized spacial score (nSPS) is 27.9. The number of aromatic nitrogens is 2. The van der Waals surface area contributed by atoms with Gasteiger partial charge < -0.3 is 4.90 Å². The standard InChI is InChI=1S/C18H26N4O3S/c1-14-9-20-15(10-19-14)11-21-12-18(7-5-17(21)23)6-2-8-22(13-18)26(24,25)16-3-4-16/h9-10,16H,2-8,11-13H2,1H3/t18-/m1/s1. The lowest BCUT2D eigenvalue weighted by molar-refractivity contribution is -0.139. The summed E-state index contributed by atoms with van der Waals surface area (Å²) < 4.78 is 27.0. The number of nitrogens with zero attached hydrogens (tertiary/aromatic N) is 4. The van der Waals surface area contributed by atoms with Gasteiger partial charge in [0.2, 0.25) is 15.9 Å². The van der Waals surface area contributed by atoms with Gasteiger partial charge in [0.15, 0.2) is 0 Å². The lowest BCUT2D eigenvalue weighted by Crippen LogP contribution is -2.55. The minimum absolute atomic E-state index is 0.119. The molecule has 1 aromatic heterocycles. The van der Waals surface area contributed by atoms with E-state index in [4.69, 9.17) is 0 Å². The maximum absolute atomic E-state index is 12.7. The SMILES string of the molecule is Cc1cnc(CN2C[C@@]3(CCCN(S(=O)(=O)C4CC4)C3)CCC2=O)cn1. The summed E-state index contributed by atoms with van der Waals surface area (Å²) in [5.41, 5.74) is 1.51. The van der Waals surface area contributed by atoms with Crippen LogP contribution in [0.15, 0.2) is 12.4 Å². The molecule has 1 saturated carbocycles. The van der Waals surface area contributed by atoms with E-state index in [0.29, 0.717) is 32.6 Å². The Balaban J connectivity index is 1.49. The topological polar surface area (TPSA) is 83.5 Å². The van der Waals surface area contributed by atoms with Gasteiger partial charge in [-0.1, -0.05) is 0 Å². The Labute approximate surface area is 154 Å². The van der Waals surface area contributed by atoms with Gasteiger partial charge in [0, 0.05) is 37.7 Å². The van der Waals surface area contributed by atoms with Crippen LogP contribution in [0.3, 0.4) is 0 Å². The molecule has 8 heteroatoms. The highest BCUT2D eigenvalue weighted by Gasteiger charge is 2.47. The zero-order chi connectivity index (χ0) is 18.4. The summed E-state index contributed by atoms with van der Waals surface area (Å²) in [4.78, 5) is 22.9. The summed E-state index contributed by atoms with van der Waals surface area (Å²) >= 11 is 0. The van der Waals surface area contributed by atoms with Crippen LogP contribution in [0.25, 0.3) is 0 Å². The van der Waals surface area contributed by atoms with Gasteiger partial charge in [-0.25, -0.2) is 12.7 Å². The van der Waals surface area contributed by atoms with Crippen LogP contribution in [0, 0.1) is 12.3 Å². The molecule has 1 amide bonds. The molecular weight excluding hydrogens is 352 g/mol. The van der Waals surface area contributed by atoms with Crippen LogP contribution in [-0.2, 0) is 21.4 Å². The number of piperidine rings is 2. The van der Waals surface area contributed by atoms with Gasteiger partial charge in [0.05, 0.1) is 29.4 Å².